The van der Waals surface area contributed by atoms with Crippen molar-refractivity contribution in [3.8, 4) is 0 Å². The minimum Gasteiger partial charge on any atom is -0.465 e. The van der Waals surface area contributed by atoms with Gasteiger partial charge >= 0.3 is 11.9 Å². The Morgan fingerprint density at radius 3 is 2.76 bits per heavy atom. The minimum atomic E-state index is -0.596. The lowest BCUT2D eigenvalue weighted by Gasteiger charge is -2.34. The molecule has 0 radical (unpaired) electrons. The molecule has 1 N–H and O–H groups in total. The first-order valence-corrected chi connectivity index (χ1v) is 6.04. The van der Waals surface area contributed by atoms with E-state index < -0.39 is 5.60 Å². The number of hydrogen-bond donors (Lipinski definition) is 1. The molecule has 0 aromatic rings. The van der Waals surface area contributed by atoms with Crippen molar-refractivity contribution in [2.24, 2.45) is 11.8 Å². The molecule has 0 aromatic heterocycles. The van der Waals surface area contributed by atoms with E-state index in [0.717, 1.165) is 12.8 Å². The first-order chi connectivity index (χ1) is 8.08. The number of hydrogen-bond acceptors (Lipinski definition) is 5. The van der Waals surface area contributed by atoms with E-state index in [9.17, 15) is 14.7 Å². The Morgan fingerprint density at radius 2 is 2.24 bits per heavy atom. The van der Waals surface area contributed by atoms with Gasteiger partial charge in [-0.3, -0.25) is 9.59 Å². The summed E-state index contributed by atoms with van der Waals surface area (Å²) in [5.74, 6) is -0.528. The maximum atomic E-state index is 11.3. The van der Waals surface area contributed by atoms with Gasteiger partial charge in [-0.15, -0.1) is 0 Å². The molecular weight excluding hydrogens is 224 g/mol. The summed E-state index contributed by atoms with van der Waals surface area (Å²) in [4.78, 5) is 22.2. The van der Waals surface area contributed by atoms with Gasteiger partial charge in [0.25, 0.3) is 0 Å². The summed E-state index contributed by atoms with van der Waals surface area (Å²) in [6, 6.07) is 0. The third-order valence-corrected chi connectivity index (χ3v) is 3.98. The Hall–Kier alpha value is -1.10. The van der Waals surface area contributed by atoms with E-state index in [2.05, 4.69) is 0 Å². The molecule has 0 bridgehead atoms. The summed E-state index contributed by atoms with van der Waals surface area (Å²) in [6.45, 7) is 1.66. The van der Waals surface area contributed by atoms with Crippen molar-refractivity contribution >= 4 is 11.9 Å². The molecule has 2 aliphatic rings. The Balaban J connectivity index is 2.10. The Kier molecular flexibility index (Phi) is 3.38. The van der Waals surface area contributed by atoms with E-state index in [1.807, 2.05) is 0 Å². The molecule has 2 fully saturated rings. The van der Waals surface area contributed by atoms with E-state index >= 15 is 0 Å². The molecule has 0 unspecified atom stereocenters. The topological polar surface area (TPSA) is 72.8 Å². The lowest BCUT2D eigenvalue weighted by molar-refractivity contribution is -0.161. The van der Waals surface area contributed by atoms with Crippen molar-refractivity contribution < 1.29 is 24.2 Å². The standard InChI is InChI=1S/C12H18O5/c1-8(14)16-7-10-3-2-9(6-13)12(10)5-4-11(15)17-12/h9-10,13H,2-7H2,1H3/t9-,10+,12-/m0/s1. The second kappa shape index (κ2) is 4.64. The van der Waals surface area contributed by atoms with Crippen LogP contribution >= 0.6 is 0 Å². The highest BCUT2D eigenvalue weighted by molar-refractivity contribution is 5.72. The fourth-order valence-corrected chi connectivity index (χ4v) is 3.10. The predicted molar refractivity (Wildman–Crippen MR) is 58.0 cm³/mol. The monoisotopic (exact) mass is 242 g/mol. The molecule has 96 valence electrons. The van der Waals surface area contributed by atoms with E-state index in [1.165, 1.54) is 6.92 Å². The first-order valence-electron chi connectivity index (χ1n) is 6.04. The highest BCUT2D eigenvalue weighted by atomic mass is 16.6. The van der Waals surface area contributed by atoms with Crippen molar-refractivity contribution in [2.45, 2.75) is 38.2 Å². The van der Waals surface area contributed by atoms with Crippen molar-refractivity contribution in [3.63, 3.8) is 0 Å². The van der Waals surface area contributed by atoms with Gasteiger partial charge in [0.15, 0.2) is 0 Å². The average molecular weight is 242 g/mol. The van der Waals surface area contributed by atoms with Gasteiger partial charge in [0.05, 0.1) is 6.61 Å². The molecular formula is C12H18O5. The number of carbonyl (C=O) groups is 2. The van der Waals surface area contributed by atoms with Crippen LogP contribution in [-0.2, 0) is 19.1 Å². The number of rotatable bonds is 3. The predicted octanol–water partition coefficient (Wildman–Crippen LogP) is 0.644. The molecule has 2 rings (SSSR count). The molecule has 1 saturated heterocycles. The zero-order chi connectivity index (χ0) is 12.5. The van der Waals surface area contributed by atoms with Crippen LogP contribution in [0.15, 0.2) is 0 Å². The second-order valence-electron chi connectivity index (χ2n) is 4.89. The number of carbonyl (C=O) groups excluding carboxylic acids is 2. The Morgan fingerprint density at radius 1 is 1.53 bits per heavy atom. The van der Waals surface area contributed by atoms with Crippen molar-refractivity contribution in [1.29, 1.82) is 0 Å². The summed E-state index contributed by atoms with van der Waals surface area (Å²) in [7, 11) is 0. The van der Waals surface area contributed by atoms with Crippen LogP contribution in [0.3, 0.4) is 0 Å². The third kappa shape index (κ3) is 2.16. The van der Waals surface area contributed by atoms with Crippen LogP contribution in [-0.4, -0.2) is 35.9 Å². The van der Waals surface area contributed by atoms with Crippen LogP contribution in [0.25, 0.3) is 0 Å². The van der Waals surface area contributed by atoms with Crippen LogP contribution in [0.2, 0.25) is 0 Å². The van der Waals surface area contributed by atoms with Crippen LogP contribution in [0.4, 0.5) is 0 Å². The molecule has 0 amide bonds. The SMILES string of the molecule is CC(=O)OC[C@H]1CC[C@@H](CO)[C@@]12CCC(=O)O2. The van der Waals surface area contributed by atoms with Crippen molar-refractivity contribution in [1.82, 2.24) is 0 Å². The van der Waals surface area contributed by atoms with Crippen LogP contribution in [0.1, 0.15) is 32.6 Å². The molecule has 5 nitrogen and oxygen atoms in total. The van der Waals surface area contributed by atoms with Gasteiger partial charge in [-0.2, -0.15) is 0 Å². The lowest BCUT2D eigenvalue weighted by atomic mass is 9.82. The van der Waals surface area contributed by atoms with Gasteiger partial charge < -0.3 is 14.6 Å². The summed E-state index contributed by atoms with van der Waals surface area (Å²) in [6.07, 6.45) is 2.66. The van der Waals surface area contributed by atoms with Crippen molar-refractivity contribution in [2.75, 3.05) is 13.2 Å². The number of aliphatic hydroxyl groups excluding tert-OH is 1. The molecule has 17 heavy (non-hydrogen) atoms. The van der Waals surface area contributed by atoms with Gasteiger partial charge in [0, 0.05) is 31.8 Å². The smallest absolute Gasteiger partial charge is 0.306 e. The quantitative estimate of drug-likeness (QED) is 0.735. The molecule has 5 heteroatoms. The van der Waals surface area contributed by atoms with E-state index in [0.29, 0.717) is 12.8 Å². The zero-order valence-corrected chi connectivity index (χ0v) is 9.98. The normalized spacial score (nSPS) is 36.2. The maximum Gasteiger partial charge on any atom is 0.306 e. The van der Waals surface area contributed by atoms with Crippen molar-refractivity contribution in [3.05, 3.63) is 0 Å². The van der Waals surface area contributed by atoms with Gasteiger partial charge in [0.2, 0.25) is 0 Å². The van der Waals surface area contributed by atoms with Gasteiger partial charge in [-0.05, 0) is 19.3 Å². The third-order valence-electron chi connectivity index (χ3n) is 3.98. The molecule has 1 aliphatic heterocycles. The van der Waals surface area contributed by atoms with Crippen LogP contribution in [0.5, 0.6) is 0 Å². The number of esters is 2. The summed E-state index contributed by atoms with van der Waals surface area (Å²) in [5.41, 5.74) is -0.596. The van der Waals surface area contributed by atoms with E-state index in [4.69, 9.17) is 9.47 Å². The lowest BCUT2D eigenvalue weighted by Crippen LogP contribution is -2.43. The van der Waals surface area contributed by atoms with Gasteiger partial charge in [-0.25, -0.2) is 0 Å². The zero-order valence-electron chi connectivity index (χ0n) is 9.98. The minimum absolute atomic E-state index is 0.0177. The second-order valence-corrected chi connectivity index (χ2v) is 4.89. The fourth-order valence-electron chi connectivity index (χ4n) is 3.10. The van der Waals surface area contributed by atoms with Crippen LogP contribution in [0, 0.1) is 11.8 Å². The van der Waals surface area contributed by atoms with E-state index in [-0.39, 0.29) is 37.0 Å². The fraction of sp³-hybridized carbons (Fsp3) is 0.833. The maximum absolute atomic E-state index is 11.3. The first kappa shape index (κ1) is 12.4. The van der Waals surface area contributed by atoms with E-state index in [1.54, 1.807) is 0 Å². The molecule has 1 heterocycles. The highest BCUT2D eigenvalue weighted by Gasteiger charge is 2.56. The van der Waals surface area contributed by atoms with Gasteiger partial charge in [0.1, 0.15) is 5.60 Å². The molecule has 1 spiro atoms. The highest BCUT2D eigenvalue weighted by Crippen LogP contribution is 2.49. The summed E-state index contributed by atoms with van der Waals surface area (Å²) in [5, 5.41) is 9.37. The summed E-state index contributed by atoms with van der Waals surface area (Å²) >= 11 is 0. The number of ether oxygens (including phenoxy) is 2. The largest absolute Gasteiger partial charge is 0.465 e. The van der Waals surface area contributed by atoms with Gasteiger partial charge in [-0.1, -0.05) is 0 Å². The Labute approximate surface area is 100 Å². The molecule has 3 atom stereocenters. The molecule has 1 aliphatic carbocycles. The molecule has 1 saturated carbocycles. The van der Waals surface area contributed by atoms with Crippen LogP contribution < -0.4 is 0 Å². The number of aliphatic hydroxyl groups is 1. The molecule has 0 aromatic carbocycles. The Bertz CT molecular complexity index is 327. The summed E-state index contributed by atoms with van der Waals surface area (Å²) < 4.78 is 10.5. The average Bonchev–Trinajstić information content (AvgIpc) is 2.81.